The third-order valence-corrected chi connectivity index (χ3v) is 6.91. The van der Waals surface area contributed by atoms with E-state index >= 15 is 0 Å². The van der Waals surface area contributed by atoms with Crippen molar-refractivity contribution in [1.29, 1.82) is 0 Å². The predicted octanol–water partition coefficient (Wildman–Crippen LogP) is 4.33. The predicted molar refractivity (Wildman–Crippen MR) is 109 cm³/mol. The van der Waals surface area contributed by atoms with Gasteiger partial charge in [-0.05, 0) is 30.2 Å². The van der Waals surface area contributed by atoms with Gasteiger partial charge in [0, 0.05) is 13.0 Å². The van der Waals surface area contributed by atoms with E-state index in [9.17, 15) is 8.42 Å². The van der Waals surface area contributed by atoms with Gasteiger partial charge >= 0.3 is 0 Å². The van der Waals surface area contributed by atoms with Crippen LogP contribution >= 0.6 is 0 Å². The summed E-state index contributed by atoms with van der Waals surface area (Å²) in [6, 6.07) is 26.6. The molecule has 1 unspecified atom stereocenters. The topological polar surface area (TPSA) is 46.6 Å². The Kier molecular flexibility index (Phi) is 5.31. The minimum Gasteiger partial charge on any atom is -0.352 e. The van der Waals surface area contributed by atoms with E-state index in [0.717, 1.165) is 16.7 Å². The highest BCUT2D eigenvalue weighted by atomic mass is 32.2. The fourth-order valence-electron chi connectivity index (χ4n) is 3.50. The van der Waals surface area contributed by atoms with Crippen LogP contribution in [0.3, 0.4) is 0 Å². The van der Waals surface area contributed by atoms with Crippen LogP contribution in [0.1, 0.15) is 22.8 Å². The number of benzene rings is 3. The second-order valence-corrected chi connectivity index (χ2v) is 8.96. The van der Waals surface area contributed by atoms with E-state index in [1.54, 1.807) is 12.1 Å². The minimum atomic E-state index is -3.66. The lowest BCUT2D eigenvalue weighted by atomic mass is 10.1. The molecule has 0 bridgehead atoms. The minimum absolute atomic E-state index is 0.282. The van der Waals surface area contributed by atoms with Gasteiger partial charge in [-0.3, -0.25) is 0 Å². The molecule has 5 heteroatoms. The summed E-state index contributed by atoms with van der Waals surface area (Å²) in [6.45, 7) is 2.25. The molecule has 144 valence electrons. The normalized spacial score (nSPS) is 20.3. The number of hydrogen-bond acceptors (Lipinski definition) is 3. The monoisotopic (exact) mass is 393 g/mol. The summed E-state index contributed by atoms with van der Waals surface area (Å²) < 4.78 is 34.5. The van der Waals surface area contributed by atoms with Crippen molar-refractivity contribution in [1.82, 2.24) is 4.31 Å². The maximum Gasteiger partial charge on any atom is 0.245 e. The van der Waals surface area contributed by atoms with Crippen LogP contribution in [-0.4, -0.2) is 25.5 Å². The standard InChI is InChI=1S/C23H23NO3S/c1-18-12-14-21(15-13-18)28(25,26)24-17-22(20-10-6-3-7-11-20)27-23(24)16-19-8-4-2-5-9-19/h2-15,22-23H,16-17H2,1H3/t22-,23?/m0/s1. The Morgan fingerprint density at radius 2 is 1.50 bits per heavy atom. The SMILES string of the molecule is Cc1ccc(S(=O)(=O)N2C[C@@H](c3ccccc3)OC2Cc2ccccc2)cc1. The zero-order valence-corrected chi connectivity index (χ0v) is 16.5. The Morgan fingerprint density at radius 1 is 0.893 bits per heavy atom. The summed E-state index contributed by atoms with van der Waals surface area (Å²) >= 11 is 0. The van der Waals surface area contributed by atoms with E-state index in [0.29, 0.717) is 17.9 Å². The number of nitrogens with zero attached hydrogens (tertiary/aromatic N) is 1. The molecule has 0 aliphatic carbocycles. The molecule has 0 radical (unpaired) electrons. The van der Waals surface area contributed by atoms with E-state index in [2.05, 4.69) is 0 Å². The summed E-state index contributed by atoms with van der Waals surface area (Å²) in [5.41, 5.74) is 3.06. The van der Waals surface area contributed by atoms with Crippen LogP contribution in [0.15, 0.2) is 89.8 Å². The van der Waals surface area contributed by atoms with Crippen LogP contribution in [0.25, 0.3) is 0 Å². The Labute approximate surface area is 166 Å². The van der Waals surface area contributed by atoms with Gasteiger partial charge in [-0.25, -0.2) is 8.42 Å². The molecule has 2 atom stereocenters. The van der Waals surface area contributed by atoms with Gasteiger partial charge in [-0.15, -0.1) is 0 Å². The molecular weight excluding hydrogens is 370 g/mol. The first-order valence-corrected chi connectivity index (χ1v) is 10.8. The zero-order chi connectivity index (χ0) is 19.6. The molecule has 1 heterocycles. The van der Waals surface area contributed by atoms with Crippen LogP contribution in [-0.2, 0) is 21.2 Å². The average molecular weight is 394 g/mol. The number of rotatable bonds is 5. The quantitative estimate of drug-likeness (QED) is 0.648. The summed E-state index contributed by atoms with van der Waals surface area (Å²) in [6.07, 6.45) is -0.316. The first-order valence-electron chi connectivity index (χ1n) is 9.37. The molecule has 0 amide bonds. The smallest absolute Gasteiger partial charge is 0.245 e. The highest BCUT2D eigenvalue weighted by Gasteiger charge is 2.41. The maximum absolute atomic E-state index is 13.4. The van der Waals surface area contributed by atoms with Gasteiger partial charge < -0.3 is 4.74 Å². The maximum atomic E-state index is 13.4. The van der Waals surface area contributed by atoms with Gasteiger partial charge in [0.15, 0.2) is 0 Å². The molecule has 28 heavy (non-hydrogen) atoms. The summed E-state index contributed by atoms with van der Waals surface area (Å²) in [5.74, 6) is 0. The number of hydrogen-bond donors (Lipinski definition) is 0. The first-order chi connectivity index (χ1) is 13.5. The van der Waals surface area contributed by atoms with Gasteiger partial charge in [0.25, 0.3) is 0 Å². The van der Waals surface area contributed by atoms with Crippen LogP contribution in [0.5, 0.6) is 0 Å². The molecule has 0 saturated carbocycles. The van der Waals surface area contributed by atoms with Crippen molar-refractivity contribution in [2.75, 3.05) is 6.54 Å². The van der Waals surface area contributed by atoms with Crippen LogP contribution in [0, 0.1) is 6.92 Å². The van der Waals surface area contributed by atoms with E-state index in [1.165, 1.54) is 4.31 Å². The van der Waals surface area contributed by atoms with Crippen molar-refractivity contribution in [3.63, 3.8) is 0 Å². The number of sulfonamides is 1. The van der Waals surface area contributed by atoms with Crippen molar-refractivity contribution >= 4 is 10.0 Å². The largest absolute Gasteiger partial charge is 0.352 e. The van der Waals surface area contributed by atoms with Crippen molar-refractivity contribution in [3.05, 3.63) is 102 Å². The van der Waals surface area contributed by atoms with Crippen LogP contribution < -0.4 is 0 Å². The lowest BCUT2D eigenvalue weighted by molar-refractivity contribution is 0.0220. The van der Waals surface area contributed by atoms with Crippen LogP contribution in [0.2, 0.25) is 0 Å². The third kappa shape index (κ3) is 3.87. The molecular formula is C23H23NO3S. The Hall–Kier alpha value is -2.47. The number of ether oxygens (including phenoxy) is 1. The Balaban J connectivity index is 1.67. The van der Waals surface area contributed by atoms with Crippen molar-refractivity contribution in [2.45, 2.75) is 30.6 Å². The average Bonchev–Trinajstić information content (AvgIpc) is 3.14. The molecule has 1 aliphatic heterocycles. The lowest BCUT2D eigenvalue weighted by Crippen LogP contribution is -2.37. The van der Waals surface area contributed by atoms with Gasteiger partial charge in [0.2, 0.25) is 10.0 Å². The first kappa shape index (κ1) is 18.9. The fourth-order valence-corrected chi connectivity index (χ4v) is 5.01. The van der Waals surface area contributed by atoms with E-state index in [4.69, 9.17) is 4.74 Å². The second kappa shape index (κ2) is 7.87. The van der Waals surface area contributed by atoms with Crippen LogP contribution in [0.4, 0.5) is 0 Å². The van der Waals surface area contributed by atoms with Gasteiger partial charge in [0.05, 0.1) is 11.0 Å². The Bertz CT molecular complexity index is 1020. The summed E-state index contributed by atoms with van der Waals surface area (Å²) in [5, 5.41) is 0. The van der Waals surface area contributed by atoms with Gasteiger partial charge in [-0.2, -0.15) is 4.31 Å². The molecule has 0 N–H and O–H groups in total. The molecule has 4 rings (SSSR count). The summed E-state index contributed by atoms with van der Waals surface area (Å²) in [7, 11) is -3.66. The number of aryl methyl sites for hydroxylation is 1. The van der Waals surface area contributed by atoms with Crippen molar-refractivity contribution in [3.8, 4) is 0 Å². The van der Waals surface area contributed by atoms with E-state index < -0.39 is 16.3 Å². The zero-order valence-electron chi connectivity index (χ0n) is 15.7. The molecule has 3 aromatic rings. The highest BCUT2D eigenvalue weighted by Crippen LogP contribution is 2.34. The van der Waals surface area contributed by atoms with E-state index in [1.807, 2.05) is 79.7 Å². The molecule has 4 nitrogen and oxygen atoms in total. The molecule has 1 saturated heterocycles. The van der Waals surface area contributed by atoms with E-state index in [-0.39, 0.29) is 6.10 Å². The van der Waals surface area contributed by atoms with Crippen molar-refractivity contribution < 1.29 is 13.2 Å². The molecule has 0 spiro atoms. The van der Waals surface area contributed by atoms with Gasteiger partial charge in [0.1, 0.15) is 6.23 Å². The highest BCUT2D eigenvalue weighted by molar-refractivity contribution is 7.89. The molecule has 0 aromatic heterocycles. The van der Waals surface area contributed by atoms with Gasteiger partial charge in [-0.1, -0.05) is 78.4 Å². The summed E-state index contributed by atoms with van der Waals surface area (Å²) in [4.78, 5) is 0.300. The molecule has 1 fully saturated rings. The Morgan fingerprint density at radius 3 is 2.14 bits per heavy atom. The third-order valence-electron chi connectivity index (χ3n) is 5.04. The van der Waals surface area contributed by atoms with Crippen molar-refractivity contribution in [2.24, 2.45) is 0 Å². The molecule has 1 aliphatic rings. The fraction of sp³-hybridized carbons (Fsp3) is 0.217. The lowest BCUT2D eigenvalue weighted by Gasteiger charge is -2.22. The second-order valence-electron chi connectivity index (χ2n) is 7.07. The molecule has 3 aromatic carbocycles.